The fraction of sp³-hybridized carbons (Fsp3) is 0.533. The molecule has 2 rings (SSSR count). The molecule has 2 heterocycles. The second-order valence-corrected chi connectivity index (χ2v) is 5.49. The number of hydrogen-bond donors (Lipinski definition) is 1. The van der Waals surface area contributed by atoms with E-state index in [2.05, 4.69) is 15.5 Å². The lowest BCUT2D eigenvalue weighted by Crippen LogP contribution is -2.26. The molecule has 1 amide bonds. The number of nitrogens with zero attached hydrogens (tertiary/aromatic N) is 4. The number of nitrogens with one attached hydrogen (secondary N) is 1. The minimum absolute atomic E-state index is 0.0140. The summed E-state index contributed by atoms with van der Waals surface area (Å²) in [6.45, 7) is 6.75. The molecule has 0 saturated heterocycles. The Morgan fingerprint density at radius 3 is 2.76 bits per heavy atom. The second kappa shape index (κ2) is 6.56. The second-order valence-electron chi connectivity index (χ2n) is 5.49. The van der Waals surface area contributed by atoms with E-state index in [1.807, 2.05) is 44.8 Å². The molecule has 2 aromatic heterocycles. The highest BCUT2D eigenvalue weighted by Gasteiger charge is 2.11. The quantitative estimate of drug-likeness (QED) is 0.883. The Morgan fingerprint density at radius 1 is 1.43 bits per heavy atom. The molecule has 0 aromatic carbocycles. The summed E-state index contributed by atoms with van der Waals surface area (Å²) in [5.41, 5.74) is 3.17. The summed E-state index contributed by atoms with van der Waals surface area (Å²) in [7, 11) is 1.87. The van der Waals surface area contributed by atoms with Gasteiger partial charge in [0, 0.05) is 37.5 Å². The zero-order chi connectivity index (χ0) is 15.4. The van der Waals surface area contributed by atoms with E-state index in [-0.39, 0.29) is 11.9 Å². The number of amides is 1. The third kappa shape index (κ3) is 4.18. The molecule has 0 fully saturated rings. The zero-order valence-corrected chi connectivity index (χ0v) is 13.1. The van der Waals surface area contributed by atoms with Gasteiger partial charge in [-0.15, -0.1) is 0 Å². The molecule has 0 aliphatic heterocycles. The Bertz CT molecular complexity index is 613. The molecular formula is C15H23N5O. The van der Waals surface area contributed by atoms with Crippen molar-refractivity contribution in [3.05, 3.63) is 35.4 Å². The van der Waals surface area contributed by atoms with Crippen LogP contribution in [0, 0.1) is 13.8 Å². The van der Waals surface area contributed by atoms with Gasteiger partial charge in [0.05, 0.1) is 17.9 Å². The number of carbonyl (C=O) groups is 1. The summed E-state index contributed by atoms with van der Waals surface area (Å²) in [4.78, 5) is 11.9. The van der Waals surface area contributed by atoms with E-state index in [1.54, 1.807) is 10.9 Å². The van der Waals surface area contributed by atoms with Crippen molar-refractivity contribution < 1.29 is 4.79 Å². The van der Waals surface area contributed by atoms with Gasteiger partial charge in [0.2, 0.25) is 5.91 Å². The monoisotopic (exact) mass is 289 g/mol. The highest BCUT2D eigenvalue weighted by Crippen LogP contribution is 2.11. The maximum Gasteiger partial charge on any atom is 0.220 e. The first-order chi connectivity index (χ1) is 9.95. The Morgan fingerprint density at radius 2 is 2.19 bits per heavy atom. The molecule has 114 valence electrons. The van der Waals surface area contributed by atoms with Crippen molar-refractivity contribution in [1.82, 2.24) is 24.9 Å². The first-order valence-corrected chi connectivity index (χ1v) is 7.24. The Kier molecular flexibility index (Phi) is 4.77. The molecule has 21 heavy (non-hydrogen) atoms. The van der Waals surface area contributed by atoms with Crippen LogP contribution in [0.25, 0.3) is 0 Å². The van der Waals surface area contributed by atoms with Gasteiger partial charge < -0.3 is 5.32 Å². The third-order valence-electron chi connectivity index (χ3n) is 3.48. The number of aryl methyl sites for hydroxylation is 4. The summed E-state index contributed by atoms with van der Waals surface area (Å²) < 4.78 is 3.69. The number of carbonyl (C=O) groups excluding carboxylic acids is 1. The van der Waals surface area contributed by atoms with E-state index in [1.165, 1.54) is 0 Å². The van der Waals surface area contributed by atoms with E-state index in [0.717, 1.165) is 29.9 Å². The standard InChI is InChI=1S/C15H23N5O/c1-11-8-12(2)20(18-11)7-5-6-15(21)17-13(3)14-9-16-19(4)10-14/h8-10,13H,5-7H2,1-4H3,(H,17,21)/t13-/m1/s1. The third-order valence-corrected chi connectivity index (χ3v) is 3.48. The number of rotatable bonds is 6. The molecule has 6 nitrogen and oxygen atoms in total. The van der Waals surface area contributed by atoms with Gasteiger partial charge in [-0.05, 0) is 33.3 Å². The molecule has 2 aromatic rings. The van der Waals surface area contributed by atoms with Gasteiger partial charge in [0.1, 0.15) is 0 Å². The lowest BCUT2D eigenvalue weighted by atomic mass is 10.2. The van der Waals surface area contributed by atoms with Crippen molar-refractivity contribution >= 4 is 5.91 Å². The van der Waals surface area contributed by atoms with Gasteiger partial charge in [-0.25, -0.2) is 0 Å². The van der Waals surface area contributed by atoms with Crippen LogP contribution in [0.2, 0.25) is 0 Å². The van der Waals surface area contributed by atoms with Gasteiger partial charge >= 0.3 is 0 Å². The summed E-state index contributed by atoms with van der Waals surface area (Å²) >= 11 is 0. The molecule has 1 atom stereocenters. The van der Waals surface area contributed by atoms with Crippen molar-refractivity contribution in [1.29, 1.82) is 0 Å². The molecule has 0 spiro atoms. The smallest absolute Gasteiger partial charge is 0.220 e. The van der Waals surface area contributed by atoms with Crippen LogP contribution >= 0.6 is 0 Å². The van der Waals surface area contributed by atoms with Crippen molar-refractivity contribution in [3.8, 4) is 0 Å². The molecule has 0 radical (unpaired) electrons. The summed E-state index contributed by atoms with van der Waals surface area (Å²) in [6.07, 6.45) is 4.98. The molecule has 6 heteroatoms. The molecule has 0 bridgehead atoms. The van der Waals surface area contributed by atoms with Gasteiger partial charge in [-0.2, -0.15) is 10.2 Å². The molecular weight excluding hydrogens is 266 g/mol. The fourth-order valence-corrected chi connectivity index (χ4v) is 2.35. The van der Waals surface area contributed by atoms with Crippen LogP contribution in [0.4, 0.5) is 0 Å². The average Bonchev–Trinajstić information content (AvgIpc) is 2.96. The van der Waals surface area contributed by atoms with Gasteiger partial charge in [-0.1, -0.05) is 0 Å². The van der Waals surface area contributed by atoms with E-state index in [0.29, 0.717) is 6.42 Å². The van der Waals surface area contributed by atoms with Crippen LogP contribution in [-0.2, 0) is 18.4 Å². The van der Waals surface area contributed by atoms with Crippen molar-refractivity contribution in [2.24, 2.45) is 7.05 Å². The first kappa shape index (κ1) is 15.3. The van der Waals surface area contributed by atoms with E-state index in [4.69, 9.17) is 0 Å². The number of hydrogen-bond acceptors (Lipinski definition) is 3. The lowest BCUT2D eigenvalue weighted by Gasteiger charge is -2.12. The minimum Gasteiger partial charge on any atom is -0.349 e. The minimum atomic E-state index is -0.0140. The first-order valence-electron chi connectivity index (χ1n) is 7.24. The van der Waals surface area contributed by atoms with Gasteiger partial charge in [0.15, 0.2) is 0 Å². The Labute approximate surface area is 125 Å². The van der Waals surface area contributed by atoms with Gasteiger partial charge in [-0.3, -0.25) is 14.2 Å². The Balaban J connectivity index is 1.76. The zero-order valence-electron chi connectivity index (χ0n) is 13.1. The largest absolute Gasteiger partial charge is 0.349 e. The summed E-state index contributed by atoms with van der Waals surface area (Å²) in [5.74, 6) is 0.0629. The van der Waals surface area contributed by atoms with Crippen LogP contribution in [0.1, 0.15) is 42.8 Å². The molecule has 0 aliphatic rings. The van der Waals surface area contributed by atoms with Crippen molar-refractivity contribution in [2.75, 3.05) is 0 Å². The van der Waals surface area contributed by atoms with Gasteiger partial charge in [0.25, 0.3) is 0 Å². The molecule has 0 saturated carbocycles. The Hall–Kier alpha value is -2.11. The van der Waals surface area contributed by atoms with E-state index < -0.39 is 0 Å². The van der Waals surface area contributed by atoms with Crippen LogP contribution in [0.5, 0.6) is 0 Å². The van der Waals surface area contributed by atoms with Crippen molar-refractivity contribution in [2.45, 2.75) is 46.2 Å². The summed E-state index contributed by atoms with van der Waals surface area (Å²) in [6, 6.07) is 2.03. The SMILES string of the molecule is Cc1cc(C)n(CCCC(=O)N[C@H](C)c2cnn(C)c2)n1. The maximum absolute atomic E-state index is 11.9. The average molecular weight is 289 g/mol. The topological polar surface area (TPSA) is 64.7 Å². The predicted octanol–water partition coefficient (Wildman–Crippen LogP) is 1.89. The van der Waals surface area contributed by atoms with Crippen LogP contribution < -0.4 is 5.32 Å². The highest BCUT2D eigenvalue weighted by atomic mass is 16.1. The van der Waals surface area contributed by atoms with Crippen LogP contribution in [-0.4, -0.2) is 25.5 Å². The highest BCUT2D eigenvalue weighted by molar-refractivity contribution is 5.76. The lowest BCUT2D eigenvalue weighted by molar-refractivity contribution is -0.121. The normalized spacial score (nSPS) is 12.4. The fourth-order valence-electron chi connectivity index (χ4n) is 2.35. The van der Waals surface area contributed by atoms with E-state index in [9.17, 15) is 4.79 Å². The molecule has 0 aliphatic carbocycles. The predicted molar refractivity (Wildman–Crippen MR) is 80.7 cm³/mol. The number of aromatic nitrogens is 4. The van der Waals surface area contributed by atoms with E-state index >= 15 is 0 Å². The van der Waals surface area contributed by atoms with Crippen molar-refractivity contribution in [3.63, 3.8) is 0 Å². The molecule has 1 N–H and O–H groups in total. The maximum atomic E-state index is 11.9. The van der Waals surface area contributed by atoms with Crippen LogP contribution in [0.3, 0.4) is 0 Å². The molecule has 0 unspecified atom stereocenters. The van der Waals surface area contributed by atoms with Crippen LogP contribution in [0.15, 0.2) is 18.5 Å². The summed E-state index contributed by atoms with van der Waals surface area (Å²) in [5, 5.41) is 11.5.